The van der Waals surface area contributed by atoms with Crippen LogP contribution in [0.5, 0.6) is 0 Å². The minimum atomic E-state index is -0.728. The molecule has 0 saturated heterocycles. The lowest BCUT2D eigenvalue weighted by atomic mass is 10.1. The summed E-state index contributed by atoms with van der Waals surface area (Å²) in [5.41, 5.74) is 2.77. The van der Waals surface area contributed by atoms with E-state index < -0.39 is 24.5 Å². The summed E-state index contributed by atoms with van der Waals surface area (Å²) in [6.07, 6.45) is 1.47. The Kier molecular flexibility index (Phi) is 7.13. The third-order valence-electron chi connectivity index (χ3n) is 3.47. The lowest BCUT2D eigenvalue weighted by Crippen LogP contribution is -2.41. The molecule has 0 aliphatic rings. The number of aryl methyl sites for hydroxylation is 1. The van der Waals surface area contributed by atoms with Gasteiger partial charge in [-0.3, -0.25) is 10.1 Å². The van der Waals surface area contributed by atoms with Crippen molar-refractivity contribution in [1.29, 1.82) is 0 Å². The van der Waals surface area contributed by atoms with E-state index in [1.807, 2.05) is 31.2 Å². The van der Waals surface area contributed by atoms with E-state index in [9.17, 15) is 14.4 Å². The average Bonchev–Trinajstić information content (AvgIpc) is 2.66. The number of hydrogen-bond acceptors (Lipinski definition) is 5. The SMILES string of the molecule is C=CCNC(=O)NC(=O)COC(=O)c1ccccc1Nc1ccc(C)cc1. The van der Waals surface area contributed by atoms with Gasteiger partial charge in [-0.1, -0.05) is 35.9 Å². The zero-order valence-corrected chi connectivity index (χ0v) is 15.0. The number of benzene rings is 2. The van der Waals surface area contributed by atoms with Crippen LogP contribution >= 0.6 is 0 Å². The predicted octanol–water partition coefficient (Wildman–Crippen LogP) is 2.91. The molecule has 7 heteroatoms. The first-order valence-electron chi connectivity index (χ1n) is 8.28. The van der Waals surface area contributed by atoms with Crippen molar-refractivity contribution in [3.63, 3.8) is 0 Å². The maximum absolute atomic E-state index is 12.3. The number of ether oxygens (including phenoxy) is 1. The second-order valence-corrected chi connectivity index (χ2v) is 5.66. The number of anilines is 2. The van der Waals surface area contributed by atoms with Gasteiger partial charge in [-0.2, -0.15) is 0 Å². The van der Waals surface area contributed by atoms with Crippen molar-refractivity contribution < 1.29 is 19.1 Å². The van der Waals surface area contributed by atoms with Crippen LogP contribution in [0.15, 0.2) is 61.2 Å². The molecule has 0 radical (unpaired) electrons. The third kappa shape index (κ3) is 6.32. The minimum Gasteiger partial charge on any atom is -0.452 e. The van der Waals surface area contributed by atoms with E-state index in [2.05, 4.69) is 22.5 Å². The van der Waals surface area contributed by atoms with Crippen molar-refractivity contribution >= 4 is 29.3 Å². The summed E-state index contributed by atoms with van der Waals surface area (Å²) < 4.78 is 5.00. The molecule has 0 heterocycles. The molecule has 2 aromatic carbocycles. The second kappa shape index (κ2) is 9.76. The topological polar surface area (TPSA) is 96.5 Å². The number of carbonyl (C=O) groups is 3. The number of carbonyl (C=O) groups excluding carboxylic acids is 3. The monoisotopic (exact) mass is 367 g/mol. The van der Waals surface area contributed by atoms with Gasteiger partial charge in [0.25, 0.3) is 5.91 Å². The molecule has 2 rings (SSSR count). The normalized spacial score (nSPS) is 9.81. The van der Waals surface area contributed by atoms with E-state index >= 15 is 0 Å². The highest BCUT2D eigenvalue weighted by Crippen LogP contribution is 2.21. The number of imide groups is 1. The smallest absolute Gasteiger partial charge is 0.340 e. The highest BCUT2D eigenvalue weighted by Gasteiger charge is 2.15. The number of urea groups is 1. The molecule has 0 aromatic heterocycles. The maximum Gasteiger partial charge on any atom is 0.340 e. The minimum absolute atomic E-state index is 0.219. The summed E-state index contributed by atoms with van der Waals surface area (Å²) in [5, 5.41) is 7.58. The first kappa shape index (κ1) is 19.7. The number of nitrogens with one attached hydrogen (secondary N) is 3. The summed E-state index contributed by atoms with van der Waals surface area (Å²) >= 11 is 0. The van der Waals surface area contributed by atoms with Gasteiger partial charge in [-0.15, -0.1) is 6.58 Å². The summed E-state index contributed by atoms with van der Waals surface area (Å²) in [5.74, 6) is -1.40. The Morgan fingerprint density at radius 1 is 1.07 bits per heavy atom. The predicted molar refractivity (Wildman–Crippen MR) is 103 cm³/mol. The number of rotatable bonds is 7. The Balaban J connectivity index is 1.96. The molecule has 0 fully saturated rings. The molecule has 0 unspecified atom stereocenters. The van der Waals surface area contributed by atoms with Gasteiger partial charge in [0.1, 0.15) is 0 Å². The number of hydrogen-bond donors (Lipinski definition) is 3. The number of para-hydroxylation sites is 1. The van der Waals surface area contributed by atoms with E-state index in [0.29, 0.717) is 5.69 Å². The van der Waals surface area contributed by atoms with Crippen molar-refractivity contribution in [2.24, 2.45) is 0 Å². The van der Waals surface area contributed by atoms with Crippen molar-refractivity contribution in [2.45, 2.75) is 6.92 Å². The molecule has 3 amide bonds. The average molecular weight is 367 g/mol. The van der Waals surface area contributed by atoms with Crippen molar-refractivity contribution in [3.05, 3.63) is 72.3 Å². The van der Waals surface area contributed by atoms with E-state index in [1.165, 1.54) is 6.08 Å². The summed E-state index contributed by atoms with van der Waals surface area (Å²) in [6.45, 7) is 5.08. The molecular weight excluding hydrogens is 346 g/mol. The van der Waals surface area contributed by atoms with E-state index in [-0.39, 0.29) is 12.1 Å². The Morgan fingerprint density at radius 3 is 2.48 bits per heavy atom. The van der Waals surface area contributed by atoms with Gasteiger partial charge in [-0.05, 0) is 31.2 Å². The molecule has 2 aromatic rings. The van der Waals surface area contributed by atoms with E-state index in [1.54, 1.807) is 24.3 Å². The fourth-order valence-electron chi connectivity index (χ4n) is 2.14. The molecule has 0 spiro atoms. The molecule has 140 valence electrons. The molecule has 7 nitrogen and oxygen atoms in total. The van der Waals surface area contributed by atoms with Gasteiger partial charge in [0.15, 0.2) is 6.61 Å². The molecule has 0 saturated carbocycles. The summed E-state index contributed by atoms with van der Waals surface area (Å²) in [4.78, 5) is 35.4. The molecule has 27 heavy (non-hydrogen) atoms. The Bertz CT molecular complexity index is 831. The van der Waals surface area contributed by atoms with Gasteiger partial charge >= 0.3 is 12.0 Å². The van der Waals surface area contributed by atoms with Gasteiger partial charge < -0.3 is 15.4 Å². The van der Waals surface area contributed by atoms with Crippen LogP contribution in [0.25, 0.3) is 0 Å². The Morgan fingerprint density at radius 2 is 1.78 bits per heavy atom. The van der Waals surface area contributed by atoms with Crippen LogP contribution in [-0.2, 0) is 9.53 Å². The van der Waals surface area contributed by atoms with Gasteiger partial charge in [0, 0.05) is 12.2 Å². The standard InChI is InChI=1S/C20H21N3O4/c1-3-12-21-20(26)23-18(24)13-27-19(25)16-6-4-5-7-17(16)22-15-10-8-14(2)9-11-15/h3-11,22H,1,12-13H2,2H3,(H2,21,23,24,26). The highest BCUT2D eigenvalue weighted by atomic mass is 16.5. The number of esters is 1. The Labute approximate surface area is 157 Å². The zero-order chi connectivity index (χ0) is 19.6. The molecule has 0 aliphatic carbocycles. The fourth-order valence-corrected chi connectivity index (χ4v) is 2.14. The molecular formula is C20H21N3O4. The maximum atomic E-state index is 12.3. The van der Waals surface area contributed by atoms with Crippen LogP contribution in [0.2, 0.25) is 0 Å². The van der Waals surface area contributed by atoms with Gasteiger partial charge in [0.2, 0.25) is 0 Å². The number of amides is 3. The van der Waals surface area contributed by atoms with E-state index in [4.69, 9.17) is 4.74 Å². The summed E-state index contributed by atoms with van der Waals surface area (Å²) in [7, 11) is 0. The Hall–Kier alpha value is -3.61. The molecule has 3 N–H and O–H groups in total. The first-order chi connectivity index (χ1) is 13.0. The molecule has 0 bridgehead atoms. The van der Waals surface area contributed by atoms with Crippen LogP contribution < -0.4 is 16.0 Å². The zero-order valence-electron chi connectivity index (χ0n) is 15.0. The van der Waals surface area contributed by atoms with Gasteiger partial charge in [-0.25, -0.2) is 9.59 Å². The van der Waals surface area contributed by atoms with Crippen molar-refractivity contribution in [2.75, 3.05) is 18.5 Å². The quantitative estimate of drug-likeness (QED) is 0.516. The van der Waals surface area contributed by atoms with Crippen LogP contribution in [0.1, 0.15) is 15.9 Å². The first-order valence-corrected chi connectivity index (χ1v) is 8.28. The second-order valence-electron chi connectivity index (χ2n) is 5.66. The van der Waals surface area contributed by atoms with E-state index in [0.717, 1.165) is 11.3 Å². The molecule has 0 aliphatic heterocycles. The molecule has 0 atom stereocenters. The van der Waals surface area contributed by atoms with Gasteiger partial charge in [0.05, 0.1) is 11.3 Å². The van der Waals surface area contributed by atoms with Crippen LogP contribution in [-0.4, -0.2) is 31.1 Å². The lowest BCUT2D eigenvalue weighted by molar-refractivity contribution is -0.123. The van der Waals surface area contributed by atoms with Crippen LogP contribution in [0.3, 0.4) is 0 Å². The largest absolute Gasteiger partial charge is 0.452 e. The van der Waals surface area contributed by atoms with Crippen molar-refractivity contribution in [1.82, 2.24) is 10.6 Å². The lowest BCUT2D eigenvalue weighted by Gasteiger charge is -2.12. The highest BCUT2D eigenvalue weighted by molar-refractivity contribution is 5.99. The fraction of sp³-hybridized carbons (Fsp3) is 0.150. The summed E-state index contributed by atoms with van der Waals surface area (Å²) in [6, 6.07) is 13.8. The van der Waals surface area contributed by atoms with Crippen LogP contribution in [0.4, 0.5) is 16.2 Å². The third-order valence-corrected chi connectivity index (χ3v) is 3.47. The van der Waals surface area contributed by atoms with Crippen molar-refractivity contribution in [3.8, 4) is 0 Å². The van der Waals surface area contributed by atoms with Crippen LogP contribution in [0, 0.1) is 6.92 Å².